The standard InChI is InChI=1S/C8H12F3NO/c1-2-7(13)12-6-3-5(4-6)8(9,10)11/h5-6H,2-4H2,1H3,(H,12,13)/t5-,6-. The summed E-state index contributed by atoms with van der Waals surface area (Å²) in [7, 11) is 0. The fraction of sp³-hybridized carbons (Fsp3) is 0.875. The zero-order valence-electron chi connectivity index (χ0n) is 7.32. The second-order valence-electron chi connectivity index (χ2n) is 3.33. The van der Waals surface area contributed by atoms with Crippen molar-refractivity contribution in [3.05, 3.63) is 0 Å². The van der Waals surface area contributed by atoms with Gasteiger partial charge in [-0.2, -0.15) is 13.2 Å². The summed E-state index contributed by atoms with van der Waals surface area (Å²) in [5.41, 5.74) is 0. The predicted octanol–water partition coefficient (Wildman–Crippen LogP) is 1.85. The summed E-state index contributed by atoms with van der Waals surface area (Å²) in [6.45, 7) is 1.68. The van der Waals surface area contributed by atoms with E-state index in [-0.39, 0.29) is 24.8 Å². The molecule has 0 aromatic heterocycles. The van der Waals surface area contributed by atoms with Crippen molar-refractivity contribution in [3.63, 3.8) is 0 Å². The van der Waals surface area contributed by atoms with Crippen LogP contribution in [0.15, 0.2) is 0 Å². The summed E-state index contributed by atoms with van der Waals surface area (Å²) in [5, 5.41) is 2.53. The quantitative estimate of drug-likeness (QED) is 0.715. The molecule has 0 heterocycles. The normalized spacial score (nSPS) is 28.0. The van der Waals surface area contributed by atoms with Gasteiger partial charge in [0.05, 0.1) is 5.92 Å². The first-order valence-corrected chi connectivity index (χ1v) is 4.29. The Kier molecular flexibility index (Phi) is 2.83. The molecule has 1 saturated carbocycles. The molecule has 1 N–H and O–H groups in total. The lowest BCUT2D eigenvalue weighted by Gasteiger charge is -2.36. The predicted molar refractivity (Wildman–Crippen MR) is 41.0 cm³/mol. The van der Waals surface area contributed by atoms with Gasteiger partial charge in [0.25, 0.3) is 0 Å². The number of halogens is 3. The monoisotopic (exact) mass is 195 g/mol. The van der Waals surface area contributed by atoms with Gasteiger partial charge in [-0.15, -0.1) is 0 Å². The van der Waals surface area contributed by atoms with Crippen molar-refractivity contribution in [1.29, 1.82) is 0 Å². The zero-order valence-corrected chi connectivity index (χ0v) is 7.32. The third-order valence-corrected chi connectivity index (χ3v) is 2.29. The molecule has 0 saturated heterocycles. The fourth-order valence-electron chi connectivity index (χ4n) is 1.33. The van der Waals surface area contributed by atoms with Crippen LogP contribution >= 0.6 is 0 Å². The summed E-state index contributed by atoms with van der Waals surface area (Å²) >= 11 is 0. The molecule has 0 aromatic rings. The number of carbonyl (C=O) groups is 1. The molecule has 0 atom stereocenters. The van der Waals surface area contributed by atoms with E-state index in [2.05, 4.69) is 5.32 Å². The first kappa shape index (κ1) is 10.3. The molecule has 1 aliphatic rings. The van der Waals surface area contributed by atoms with E-state index in [1.165, 1.54) is 0 Å². The Labute approximate surface area is 74.5 Å². The van der Waals surface area contributed by atoms with Gasteiger partial charge in [0.15, 0.2) is 0 Å². The molecule has 0 aromatic carbocycles. The summed E-state index contributed by atoms with van der Waals surface area (Å²) in [4.78, 5) is 10.8. The molecule has 0 spiro atoms. The number of hydrogen-bond donors (Lipinski definition) is 1. The minimum absolute atomic E-state index is 0.0369. The number of carbonyl (C=O) groups excluding carboxylic acids is 1. The molecule has 1 amide bonds. The van der Waals surface area contributed by atoms with Crippen LogP contribution in [0.1, 0.15) is 26.2 Å². The topological polar surface area (TPSA) is 29.1 Å². The molecule has 1 aliphatic carbocycles. The highest BCUT2D eigenvalue weighted by atomic mass is 19.4. The van der Waals surface area contributed by atoms with Gasteiger partial charge in [-0.3, -0.25) is 4.79 Å². The van der Waals surface area contributed by atoms with E-state index in [0.717, 1.165) is 0 Å². The second-order valence-corrected chi connectivity index (χ2v) is 3.33. The number of hydrogen-bond acceptors (Lipinski definition) is 1. The van der Waals surface area contributed by atoms with E-state index in [0.29, 0.717) is 6.42 Å². The van der Waals surface area contributed by atoms with E-state index in [9.17, 15) is 18.0 Å². The van der Waals surface area contributed by atoms with E-state index in [1.807, 2.05) is 0 Å². The van der Waals surface area contributed by atoms with Crippen LogP contribution < -0.4 is 5.32 Å². The van der Waals surface area contributed by atoms with Gasteiger partial charge in [-0.1, -0.05) is 6.92 Å². The molecule has 0 aliphatic heterocycles. The van der Waals surface area contributed by atoms with Crippen molar-refractivity contribution < 1.29 is 18.0 Å². The van der Waals surface area contributed by atoms with Crippen molar-refractivity contribution in [3.8, 4) is 0 Å². The average Bonchev–Trinajstić information content (AvgIpc) is 1.92. The first-order valence-electron chi connectivity index (χ1n) is 4.29. The van der Waals surface area contributed by atoms with Crippen LogP contribution in [0.4, 0.5) is 13.2 Å². The van der Waals surface area contributed by atoms with Gasteiger partial charge in [-0.25, -0.2) is 0 Å². The van der Waals surface area contributed by atoms with Crippen LogP contribution in [0, 0.1) is 5.92 Å². The lowest BCUT2D eigenvalue weighted by atomic mass is 9.80. The lowest BCUT2D eigenvalue weighted by molar-refractivity contribution is -0.199. The minimum Gasteiger partial charge on any atom is -0.353 e. The molecule has 76 valence electrons. The molecule has 0 unspecified atom stereocenters. The van der Waals surface area contributed by atoms with E-state index < -0.39 is 12.1 Å². The molecular weight excluding hydrogens is 183 g/mol. The molecule has 1 rings (SSSR count). The molecule has 13 heavy (non-hydrogen) atoms. The molecule has 0 radical (unpaired) electrons. The highest BCUT2D eigenvalue weighted by Gasteiger charge is 2.47. The number of rotatable bonds is 2. The largest absolute Gasteiger partial charge is 0.391 e. The zero-order chi connectivity index (χ0) is 10.1. The van der Waals surface area contributed by atoms with Crippen LogP contribution in [0.5, 0.6) is 0 Å². The maximum atomic E-state index is 12.0. The van der Waals surface area contributed by atoms with Crippen molar-refractivity contribution in [2.24, 2.45) is 5.92 Å². The third kappa shape index (κ3) is 2.60. The molecule has 5 heteroatoms. The highest BCUT2D eigenvalue weighted by molar-refractivity contribution is 5.75. The van der Waals surface area contributed by atoms with Gasteiger partial charge in [-0.05, 0) is 12.8 Å². The maximum absolute atomic E-state index is 12.0. The SMILES string of the molecule is CCC(=O)N[C@H]1C[C@H](C(F)(F)F)C1. The number of alkyl halides is 3. The summed E-state index contributed by atoms with van der Waals surface area (Å²) in [6, 6.07) is -0.265. The van der Waals surface area contributed by atoms with Crippen molar-refractivity contribution in [2.45, 2.75) is 38.4 Å². The molecular formula is C8H12F3NO. The van der Waals surface area contributed by atoms with Gasteiger partial charge in [0.1, 0.15) is 0 Å². The van der Waals surface area contributed by atoms with Crippen molar-refractivity contribution in [2.75, 3.05) is 0 Å². The summed E-state index contributed by atoms with van der Waals surface area (Å²) in [6.07, 6.45) is -3.69. The second kappa shape index (κ2) is 3.55. The van der Waals surface area contributed by atoms with Crippen LogP contribution in [0.2, 0.25) is 0 Å². The van der Waals surface area contributed by atoms with Crippen LogP contribution in [0.25, 0.3) is 0 Å². The van der Waals surface area contributed by atoms with E-state index >= 15 is 0 Å². The molecule has 2 nitrogen and oxygen atoms in total. The maximum Gasteiger partial charge on any atom is 0.391 e. The third-order valence-electron chi connectivity index (χ3n) is 2.29. The summed E-state index contributed by atoms with van der Waals surface area (Å²) < 4.78 is 35.9. The Morgan fingerprint density at radius 3 is 2.38 bits per heavy atom. The van der Waals surface area contributed by atoms with Gasteiger partial charge in [0, 0.05) is 12.5 Å². The fourth-order valence-corrected chi connectivity index (χ4v) is 1.33. The van der Waals surface area contributed by atoms with Gasteiger partial charge in [0.2, 0.25) is 5.91 Å². The smallest absolute Gasteiger partial charge is 0.353 e. The van der Waals surface area contributed by atoms with Crippen LogP contribution in [0.3, 0.4) is 0 Å². The van der Waals surface area contributed by atoms with Crippen LogP contribution in [-0.2, 0) is 4.79 Å². The van der Waals surface area contributed by atoms with E-state index in [4.69, 9.17) is 0 Å². The lowest BCUT2D eigenvalue weighted by Crippen LogP contribution is -2.48. The number of nitrogens with one attached hydrogen (secondary N) is 1. The minimum atomic E-state index is -4.09. The Hall–Kier alpha value is -0.740. The van der Waals surface area contributed by atoms with Crippen molar-refractivity contribution in [1.82, 2.24) is 5.32 Å². The van der Waals surface area contributed by atoms with Crippen LogP contribution in [-0.4, -0.2) is 18.1 Å². The average molecular weight is 195 g/mol. The first-order chi connectivity index (χ1) is 5.93. The molecule has 0 bridgehead atoms. The summed E-state index contributed by atoms with van der Waals surface area (Å²) in [5.74, 6) is -1.39. The Morgan fingerprint density at radius 2 is 2.00 bits per heavy atom. The Morgan fingerprint density at radius 1 is 1.46 bits per heavy atom. The number of amides is 1. The Balaban J connectivity index is 2.22. The molecule has 1 fully saturated rings. The Bertz CT molecular complexity index is 196. The van der Waals surface area contributed by atoms with Gasteiger partial charge >= 0.3 is 6.18 Å². The highest BCUT2D eigenvalue weighted by Crippen LogP contribution is 2.40. The van der Waals surface area contributed by atoms with Gasteiger partial charge < -0.3 is 5.32 Å². The van der Waals surface area contributed by atoms with Crippen molar-refractivity contribution >= 4 is 5.91 Å². The van der Waals surface area contributed by atoms with E-state index in [1.54, 1.807) is 6.92 Å².